The zero-order chi connectivity index (χ0) is 39.6. The molecule has 1 aromatic carbocycles. The van der Waals surface area contributed by atoms with Crippen molar-refractivity contribution in [3.63, 3.8) is 0 Å². The number of urea groups is 2. The highest BCUT2D eigenvalue weighted by atomic mass is 19.1. The summed E-state index contributed by atoms with van der Waals surface area (Å²) in [5, 5.41) is 13.7. The molecule has 8 rings (SSSR count). The minimum absolute atomic E-state index is 0.0111. The summed E-state index contributed by atoms with van der Waals surface area (Å²) in [4.78, 5) is 71.7. The third-order valence-electron chi connectivity index (χ3n) is 11.8. The van der Waals surface area contributed by atoms with Crippen LogP contribution < -0.4 is 36.0 Å². The highest BCUT2D eigenvalue weighted by molar-refractivity contribution is 6.05. The smallest absolute Gasteiger partial charge is 0.328 e. The number of hydrogen-bond donors (Lipinski definition) is 3. The first-order valence-corrected chi connectivity index (χ1v) is 19.8. The minimum Gasteiger partial charge on any atom is -0.367 e. The molecule has 0 aliphatic carbocycles. The van der Waals surface area contributed by atoms with Crippen LogP contribution in [0, 0.1) is 11.7 Å². The number of carbonyl (C=O) groups excluding carboxylic acids is 4. The third kappa shape index (κ3) is 8.33. The van der Waals surface area contributed by atoms with E-state index in [2.05, 4.69) is 45.5 Å². The molecule has 5 saturated heterocycles. The van der Waals surface area contributed by atoms with Crippen molar-refractivity contribution >= 4 is 58.5 Å². The lowest BCUT2D eigenvalue weighted by atomic mass is 9.96. The van der Waals surface area contributed by atoms with E-state index in [1.165, 1.54) is 11.0 Å². The molecule has 6 amide bonds. The van der Waals surface area contributed by atoms with Gasteiger partial charge in [-0.3, -0.25) is 24.7 Å². The van der Waals surface area contributed by atoms with Gasteiger partial charge in [-0.2, -0.15) is 4.98 Å². The topological polar surface area (TPSA) is 193 Å². The average molecular weight is 785 g/mol. The predicted octanol–water partition coefficient (Wildman–Crippen LogP) is 2.07. The van der Waals surface area contributed by atoms with Crippen LogP contribution in [0.2, 0.25) is 0 Å². The van der Waals surface area contributed by atoms with Crippen LogP contribution in [-0.4, -0.2) is 150 Å². The summed E-state index contributed by atoms with van der Waals surface area (Å²) < 4.78 is 15.7. The van der Waals surface area contributed by atoms with E-state index in [4.69, 9.17) is 5.73 Å². The number of nitrogens with one attached hydrogen (secondary N) is 2. The number of benzene rings is 1. The highest BCUT2D eigenvalue weighted by Crippen LogP contribution is 2.30. The van der Waals surface area contributed by atoms with Crippen LogP contribution in [-0.2, 0) is 4.79 Å². The molecule has 302 valence electrons. The lowest BCUT2D eigenvalue weighted by molar-refractivity contribution is -0.120. The first-order valence-electron chi connectivity index (χ1n) is 19.8. The monoisotopic (exact) mass is 784 g/mol. The summed E-state index contributed by atoms with van der Waals surface area (Å²) in [5.41, 5.74) is 7.06. The van der Waals surface area contributed by atoms with Crippen LogP contribution >= 0.6 is 0 Å². The molecule has 5 aliphatic heterocycles. The lowest BCUT2D eigenvalue weighted by Crippen LogP contribution is -2.49. The Balaban J connectivity index is 0.824. The van der Waals surface area contributed by atoms with Gasteiger partial charge in [-0.05, 0) is 61.9 Å². The number of nitrogens with two attached hydrogens (primary N) is 1. The molecule has 0 spiro atoms. The average Bonchev–Trinajstić information content (AvgIpc) is 3.55. The summed E-state index contributed by atoms with van der Waals surface area (Å²) in [6.45, 7) is 8.75. The van der Waals surface area contributed by atoms with Gasteiger partial charge in [0, 0.05) is 97.7 Å². The van der Waals surface area contributed by atoms with Gasteiger partial charge in [0.2, 0.25) is 11.9 Å². The van der Waals surface area contributed by atoms with Crippen LogP contribution in [0.3, 0.4) is 0 Å². The normalized spacial score (nSPS) is 21.4. The van der Waals surface area contributed by atoms with Gasteiger partial charge in [0.05, 0.1) is 23.6 Å². The number of halogens is 1. The Kier molecular flexibility index (Phi) is 10.9. The number of carbonyl (C=O) groups is 4. The molecule has 19 heteroatoms. The van der Waals surface area contributed by atoms with Crippen molar-refractivity contribution in [3.8, 4) is 0 Å². The second kappa shape index (κ2) is 16.3. The van der Waals surface area contributed by atoms with Crippen LogP contribution in [0.1, 0.15) is 42.6 Å². The molecule has 0 radical (unpaired) electrons. The Morgan fingerprint density at radius 3 is 2.40 bits per heavy atom. The summed E-state index contributed by atoms with van der Waals surface area (Å²) >= 11 is 0. The van der Waals surface area contributed by atoms with Crippen molar-refractivity contribution in [2.24, 2.45) is 11.7 Å². The van der Waals surface area contributed by atoms with Crippen LogP contribution in [0.25, 0.3) is 0 Å². The van der Waals surface area contributed by atoms with Crippen molar-refractivity contribution < 1.29 is 23.6 Å². The molecule has 1 atom stereocenters. The number of piperazine rings is 1. The molecule has 4 N–H and O–H groups in total. The van der Waals surface area contributed by atoms with Gasteiger partial charge < -0.3 is 35.6 Å². The van der Waals surface area contributed by atoms with E-state index in [0.29, 0.717) is 74.7 Å². The molecule has 3 aromatic rings. The highest BCUT2D eigenvalue weighted by Gasteiger charge is 2.35. The van der Waals surface area contributed by atoms with E-state index in [-0.39, 0.29) is 35.9 Å². The Morgan fingerprint density at radius 1 is 0.912 bits per heavy atom. The number of hydrogen-bond acceptors (Lipinski definition) is 13. The van der Waals surface area contributed by atoms with E-state index in [1.54, 1.807) is 30.3 Å². The van der Waals surface area contributed by atoms with E-state index in [0.717, 1.165) is 64.2 Å². The largest absolute Gasteiger partial charge is 0.367 e. The van der Waals surface area contributed by atoms with Gasteiger partial charge >= 0.3 is 12.1 Å². The SMILES string of the molecule is CN1CCN(C2CCCN(c3nnc(C(N)=O)c(Nc4ccc(N5CCN(CC6CCN(c7ccc(N8CCC(=O)NC8=O)cn7)CC6)CC5)c(F)c4)n3)C2)C1=O. The molecule has 18 nitrogen and oxygen atoms in total. The summed E-state index contributed by atoms with van der Waals surface area (Å²) in [6, 6.07) is 8.32. The van der Waals surface area contributed by atoms with E-state index < -0.39 is 17.8 Å². The Bertz CT molecular complexity index is 1990. The van der Waals surface area contributed by atoms with Crippen LogP contribution in [0.15, 0.2) is 36.5 Å². The number of rotatable bonds is 10. The number of amides is 6. The molecule has 0 bridgehead atoms. The molecule has 0 saturated carbocycles. The van der Waals surface area contributed by atoms with Gasteiger partial charge in [0.25, 0.3) is 5.91 Å². The van der Waals surface area contributed by atoms with Crippen molar-refractivity contribution in [2.75, 3.05) is 111 Å². The quantitative estimate of drug-likeness (QED) is 0.271. The number of imide groups is 1. The molecule has 2 aromatic heterocycles. The van der Waals surface area contributed by atoms with E-state index >= 15 is 4.39 Å². The van der Waals surface area contributed by atoms with Gasteiger partial charge in [0.15, 0.2) is 11.5 Å². The molecular formula is C38H49FN14O4. The summed E-state index contributed by atoms with van der Waals surface area (Å²) in [7, 11) is 1.80. The fourth-order valence-electron chi connectivity index (χ4n) is 8.50. The zero-order valence-corrected chi connectivity index (χ0v) is 32.1. The Morgan fingerprint density at radius 2 is 1.72 bits per heavy atom. The maximum absolute atomic E-state index is 15.7. The standard InChI is InChI=1S/C38H49FN14O4/c1-47-15-20-53(38(47)57)28-3-2-11-51(24-28)36-44-35(33(34(40)55)45-46-36)42-26-4-6-30(29(39)21-26)49-18-16-48(17-19-49)23-25-8-12-50(13-9-25)31-7-5-27(22-41-31)52-14-10-32(54)43-37(52)56/h4-7,21-22,25,28H,2-3,8-20,23-24H2,1H3,(H2,40,55)(H,42,44,46)(H,43,54,56). The Labute approximate surface area is 330 Å². The molecule has 7 heterocycles. The fraction of sp³-hybridized carbons (Fsp3) is 0.526. The number of aromatic nitrogens is 4. The van der Waals surface area contributed by atoms with Crippen molar-refractivity contribution in [1.82, 2.24) is 40.2 Å². The Hall–Kier alpha value is -5.85. The first kappa shape index (κ1) is 38.0. The van der Waals surface area contributed by atoms with E-state index in [9.17, 15) is 19.2 Å². The second-order valence-corrected chi connectivity index (χ2v) is 15.5. The number of pyridine rings is 1. The molecule has 5 fully saturated rings. The summed E-state index contributed by atoms with van der Waals surface area (Å²) in [6.07, 6.45) is 5.77. The van der Waals surface area contributed by atoms with Gasteiger partial charge in [0.1, 0.15) is 11.6 Å². The number of likely N-dealkylation sites (N-methyl/N-ethyl adjacent to an activating group) is 1. The third-order valence-corrected chi connectivity index (χ3v) is 11.8. The van der Waals surface area contributed by atoms with Crippen LogP contribution in [0.4, 0.5) is 48.6 Å². The maximum atomic E-state index is 15.7. The minimum atomic E-state index is -0.805. The van der Waals surface area contributed by atoms with Gasteiger partial charge in [-0.1, -0.05) is 0 Å². The number of anilines is 6. The van der Waals surface area contributed by atoms with Gasteiger partial charge in [-0.25, -0.2) is 19.0 Å². The first-order chi connectivity index (χ1) is 27.6. The maximum Gasteiger partial charge on any atom is 0.328 e. The number of piperidine rings is 2. The van der Waals surface area contributed by atoms with Crippen LogP contribution in [0.5, 0.6) is 0 Å². The van der Waals surface area contributed by atoms with Crippen molar-refractivity contribution in [1.29, 1.82) is 0 Å². The predicted molar refractivity (Wildman–Crippen MR) is 211 cm³/mol. The second-order valence-electron chi connectivity index (χ2n) is 15.5. The molecule has 5 aliphatic rings. The van der Waals surface area contributed by atoms with E-state index in [1.807, 2.05) is 21.9 Å². The zero-order valence-electron chi connectivity index (χ0n) is 32.1. The molecular weight excluding hydrogens is 736 g/mol. The molecule has 57 heavy (non-hydrogen) atoms. The lowest BCUT2D eigenvalue weighted by Gasteiger charge is -2.40. The van der Waals surface area contributed by atoms with Crippen molar-refractivity contribution in [3.05, 3.63) is 48.0 Å². The molecule has 1 unspecified atom stereocenters. The number of nitrogens with zero attached hydrogens (tertiary/aromatic N) is 11. The van der Waals surface area contributed by atoms with Gasteiger partial charge in [-0.15, -0.1) is 10.2 Å². The number of primary amides is 1. The summed E-state index contributed by atoms with van der Waals surface area (Å²) in [5.74, 6) is 0.380. The fourth-order valence-corrected chi connectivity index (χ4v) is 8.50. The van der Waals surface area contributed by atoms with Crippen molar-refractivity contribution in [2.45, 2.75) is 38.1 Å².